The molecule has 206 valence electrons. The third-order valence-corrected chi connectivity index (χ3v) is 7.68. The smallest absolute Gasteiger partial charge is 0.433 e. The fraction of sp³-hybridized carbons (Fsp3) is 0.560. The predicted molar refractivity (Wildman–Crippen MR) is 132 cm³/mol. The van der Waals surface area contributed by atoms with Gasteiger partial charge in [0.1, 0.15) is 0 Å². The molecule has 2 fully saturated rings. The Morgan fingerprint density at radius 3 is 2.16 bits per heavy atom. The normalized spacial score (nSPS) is 23.1. The summed E-state index contributed by atoms with van der Waals surface area (Å²) < 4.78 is 43.7. The lowest BCUT2D eigenvalue weighted by molar-refractivity contribution is -0.160. The number of alkyl halides is 3. The van der Waals surface area contributed by atoms with E-state index in [0.29, 0.717) is 25.7 Å². The predicted octanol–water partition coefficient (Wildman–Crippen LogP) is 5.79. The summed E-state index contributed by atoms with van der Waals surface area (Å²) in [7, 11) is 0. The van der Waals surface area contributed by atoms with Gasteiger partial charge in [0.05, 0.1) is 45.9 Å². The summed E-state index contributed by atoms with van der Waals surface area (Å²) in [6.07, 6.45) is 0.00958. The van der Waals surface area contributed by atoms with Gasteiger partial charge in [0.25, 0.3) is 5.91 Å². The van der Waals surface area contributed by atoms with E-state index in [2.05, 4.69) is 10.1 Å². The van der Waals surface area contributed by atoms with Crippen LogP contribution in [0.2, 0.25) is 10.0 Å². The number of pyridine rings is 1. The number of hydrogen-bond donors (Lipinski definition) is 1. The van der Waals surface area contributed by atoms with Gasteiger partial charge in [-0.3, -0.25) is 24.0 Å². The monoisotopic (exact) mass is 574 g/mol. The quantitative estimate of drug-likeness (QED) is 0.419. The number of halogens is 5. The van der Waals surface area contributed by atoms with Crippen LogP contribution in [-0.4, -0.2) is 55.5 Å². The Labute approximate surface area is 227 Å². The number of aliphatic carboxylic acids is 1. The third kappa shape index (κ3) is 5.54. The number of hydrogen-bond acceptors (Lipinski definition) is 5. The van der Waals surface area contributed by atoms with Crippen molar-refractivity contribution in [2.45, 2.75) is 58.7 Å². The van der Waals surface area contributed by atoms with E-state index >= 15 is 0 Å². The zero-order valence-electron chi connectivity index (χ0n) is 21.0. The van der Waals surface area contributed by atoms with Crippen molar-refractivity contribution in [3.8, 4) is 0 Å². The van der Waals surface area contributed by atoms with Gasteiger partial charge in [-0.2, -0.15) is 18.3 Å². The minimum absolute atomic E-state index is 0.0243. The highest BCUT2D eigenvalue weighted by atomic mass is 35.5. The van der Waals surface area contributed by atoms with E-state index in [4.69, 9.17) is 28.3 Å². The SMILES string of the molecule is CC(C)(C)CN(CC(=O)c1c(Cl)cncc1Cl)C(=O)c1cnn(C2CC3(CC(C(=O)O)C3)C2)c1C(F)(F)F. The van der Waals surface area contributed by atoms with Crippen molar-refractivity contribution < 1.29 is 32.7 Å². The van der Waals surface area contributed by atoms with Crippen LogP contribution < -0.4 is 0 Å². The second-order valence-electron chi connectivity index (χ2n) is 11.5. The van der Waals surface area contributed by atoms with E-state index in [0.717, 1.165) is 15.8 Å². The number of aromatic nitrogens is 3. The van der Waals surface area contributed by atoms with E-state index in [-0.39, 0.29) is 27.6 Å². The summed E-state index contributed by atoms with van der Waals surface area (Å²) in [6.45, 7) is 4.79. The zero-order chi connectivity index (χ0) is 28.2. The first-order chi connectivity index (χ1) is 17.5. The molecule has 38 heavy (non-hydrogen) atoms. The first-order valence-corrected chi connectivity index (χ1v) is 12.8. The fourth-order valence-corrected chi connectivity index (χ4v) is 6.13. The van der Waals surface area contributed by atoms with Gasteiger partial charge in [0, 0.05) is 18.9 Å². The lowest BCUT2D eigenvalue weighted by Gasteiger charge is -2.56. The van der Waals surface area contributed by atoms with Crippen LogP contribution in [0.15, 0.2) is 18.6 Å². The molecule has 0 saturated heterocycles. The molecule has 2 aromatic heterocycles. The van der Waals surface area contributed by atoms with Crippen LogP contribution in [0.3, 0.4) is 0 Å². The van der Waals surface area contributed by atoms with Gasteiger partial charge >= 0.3 is 12.1 Å². The first kappa shape index (κ1) is 28.4. The number of amides is 1. The van der Waals surface area contributed by atoms with E-state index in [1.165, 1.54) is 12.4 Å². The van der Waals surface area contributed by atoms with Gasteiger partial charge in [-0.1, -0.05) is 44.0 Å². The Balaban J connectivity index is 1.62. The molecule has 4 rings (SSSR count). The van der Waals surface area contributed by atoms with E-state index in [1.807, 2.05) is 0 Å². The Bertz CT molecular complexity index is 1250. The van der Waals surface area contributed by atoms with Crippen molar-refractivity contribution in [1.82, 2.24) is 19.7 Å². The van der Waals surface area contributed by atoms with Crippen molar-refractivity contribution in [1.29, 1.82) is 0 Å². The fourth-order valence-electron chi connectivity index (χ4n) is 5.56. The number of Topliss-reactive ketones (excluding diaryl/α,β-unsaturated/α-hetero) is 1. The highest BCUT2D eigenvalue weighted by Gasteiger charge is 2.57. The van der Waals surface area contributed by atoms with Crippen LogP contribution in [0, 0.1) is 16.7 Å². The topological polar surface area (TPSA) is 105 Å². The standard InChI is InChI=1S/C25H27Cl2F3N4O4/c1-23(2,3)12-33(11-18(35)19-16(26)9-31-10-17(19)27)21(36)15-8-32-34(20(15)25(28,29)30)14-6-24(7-14)4-13(5-24)22(37)38/h8-10,13-14H,4-7,11-12H2,1-3H3,(H,37,38). The van der Waals surface area contributed by atoms with Gasteiger partial charge in [0.15, 0.2) is 11.5 Å². The van der Waals surface area contributed by atoms with Crippen molar-refractivity contribution in [3.05, 3.63) is 45.5 Å². The minimum Gasteiger partial charge on any atom is -0.481 e. The van der Waals surface area contributed by atoms with Crippen LogP contribution in [0.1, 0.15) is 78.9 Å². The Morgan fingerprint density at radius 1 is 1.08 bits per heavy atom. The number of rotatable bonds is 7. The summed E-state index contributed by atoms with van der Waals surface area (Å²) in [5.74, 6) is -3.00. The molecule has 0 atom stereocenters. The summed E-state index contributed by atoms with van der Waals surface area (Å²) in [5, 5.41) is 13.0. The molecule has 2 saturated carbocycles. The Morgan fingerprint density at radius 2 is 1.66 bits per heavy atom. The van der Waals surface area contributed by atoms with Gasteiger partial charge in [-0.05, 0) is 36.5 Å². The van der Waals surface area contributed by atoms with E-state index in [9.17, 15) is 27.6 Å². The molecular formula is C25H27Cl2F3N4O4. The number of carbonyl (C=O) groups excluding carboxylic acids is 2. The summed E-state index contributed by atoms with van der Waals surface area (Å²) in [6, 6.07) is -0.602. The molecule has 1 amide bonds. The van der Waals surface area contributed by atoms with Crippen LogP contribution in [-0.2, 0) is 11.0 Å². The lowest BCUT2D eigenvalue weighted by atomic mass is 9.50. The van der Waals surface area contributed by atoms with Crippen LogP contribution in [0.5, 0.6) is 0 Å². The molecule has 1 spiro atoms. The van der Waals surface area contributed by atoms with Gasteiger partial charge < -0.3 is 10.0 Å². The summed E-state index contributed by atoms with van der Waals surface area (Å²) in [5.41, 5.74) is -2.74. The summed E-state index contributed by atoms with van der Waals surface area (Å²) >= 11 is 12.2. The Kier molecular flexibility index (Phi) is 7.33. The molecule has 0 bridgehead atoms. The highest BCUT2D eigenvalue weighted by Crippen LogP contribution is 2.63. The lowest BCUT2D eigenvalue weighted by Crippen LogP contribution is -2.50. The molecule has 0 aromatic carbocycles. The molecule has 2 aliphatic rings. The molecule has 0 aliphatic heterocycles. The molecule has 0 radical (unpaired) electrons. The molecule has 2 heterocycles. The maximum absolute atomic E-state index is 14.3. The number of carbonyl (C=O) groups is 3. The molecule has 2 aliphatic carbocycles. The number of carboxylic acid groups (broad SMARTS) is 1. The summed E-state index contributed by atoms with van der Waals surface area (Å²) in [4.78, 5) is 42.6. The highest BCUT2D eigenvalue weighted by molar-refractivity contribution is 6.39. The van der Waals surface area contributed by atoms with Crippen LogP contribution >= 0.6 is 23.2 Å². The van der Waals surface area contributed by atoms with E-state index < -0.39 is 59.0 Å². The van der Waals surface area contributed by atoms with Gasteiger partial charge in [-0.15, -0.1) is 0 Å². The van der Waals surface area contributed by atoms with E-state index in [1.54, 1.807) is 20.8 Å². The maximum Gasteiger partial charge on any atom is 0.433 e. The van der Waals surface area contributed by atoms with Gasteiger partial charge in [0.2, 0.25) is 0 Å². The second-order valence-corrected chi connectivity index (χ2v) is 12.3. The number of nitrogens with zero attached hydrogens (tertiary/aromatic N) is 4. The van der Waals surface area contributed by atoms with Gasteiger partial charge in [-0.25, -0.2) is 0 Å². The number of carboxylic acids is 1. The van der Waals surface area contributed by atoms with Crippen molar-refractivity contribution in [2.24, 2.45) is 16.7 Å². The average molecular weight is 575 g/mol. The maximum atomic E-state index is 14.3. The first-order valence-electron chi connectivity index (χ1n) is 12.0. The van der Waals surface area contributed by atoms with Crippen molar-refractivity contribution >= 4 is 40.9 Å². The molecule has 13 heteroatoms. The second kappa shape index (κ2) is 9.82. The average Bonchev–Trinajstić information content (AvgIpc) is 3.14. The molecule has 8 nitrogen and oxygen atoms in total. The minimum atomic E-state index is -4.89. The largest absolute Gasteiger partial charge is 0.481 e. The molecule has 1 N–H and O–H groups in total. The van der Waals surface area contributed by atoms with Crippen molar-refractivity contribution in [3.63, 3.8) is 0 Å². The van der Waals surface area contributed by atoms with Crippen LogP contribution in [0.25, 0.3) is 0 Å². The number of ketones is 1. The van der Waals surface area contributed by atoms with Crippen molar-refractivity contribution in [2.75, 3.05) is 13.1 Å². The molecule has 2 aromatic rings. The molecule has 0 unspecified atom stereocenters. The van der Waals surface area contributed by atoms with Crippen LogP contribution in [0.4, 0.5) is 13.2 Å². The Hall–Kier alpha value is -2.66. The third-order valence-electron chi connectivity index (χ3n) is 7.10. The zero-order valence-corrected chi connectivity index (χ0v) is 22.5. The molecular weight excluding hydrogens is 548 g/mol.